The standard InChI is InChI=1S/C17H20N2O4/c1-21-13-7-9-14(10-8-13)23-12-4-6-16(20)19-17-15(22-2)5-3-11-18-17/h3,5,7-11H,4,6,12H2,1-2H3,(H,18,19,20). The maximum atomic E-state index is 11.9. The molecule has 6 nitrogen and oxygen atoms in total. The molecule has 1 N–H and O–H groups in total. The van der Waals surface area contributed by atoms with Gasteiger partial charge in [0.2, 0.25) is 5.91 Å². The van der Waals surface area contributed by atoms with Gasteiger partial charge in [0, 0.05) is 12.6 Å². The van der Waals surface area contributed by atoms with Crippen molar-refractivity contribution in [3.8, 4) is 17.2 Å². The summed E-state index contributed by atoms with van der Waals surface area (Å²) in [6.45, 7) is 0.457. The van der Waals surface area contributed by atoms with Crippen LogP contribution in [0.5, 0.6) is 17.2 Å². The molecule has 23 heavy (non-hydrogen) atoms. The molecular weight excluding hydrogens is 296 g/mol. The molecule has 0 unspecified atom stereocenters. The normalized spacial score (nSPS) is 10.0. The molecule has 0 bridgehead atoms. The van der Waals surface area contributed by atoms with Crippen molar-refractivity contribution in [2.24, 2.45) is 0 Å². The van der Waals surface area contributed by atoms with Crippen LogP contribution in [0.2, 0.25) is 0 Å². The summed E-state index contributed by atoms with van der Waals surface area (Å²) in [4.78, 5) is 16.0. The topological polar surface area (TPSA) is 69.7 Å². The first-order valence-electron chi connectivity index (χ1n) is 7.28. The summed E-state index contributed by atoms with van der Waals surface area (Å²) in [5.74, 6) is 2.37. The number of methoxy groups -OCH3 is 2. The van der Waals surface area contributed by atoms with Gasteiger partial charge in [0.25, 0.3) is 0 Å². The van der Waals surface area contributed by atoms with E-state index >= 15 is 0 Å². The third-order valence-electron chi connectivity index (χ3n) is 3.12. The molecule has 0 atom stereocenters. The first-order chi connectivity index (χ1) is 11.2. The molecule has 1 amide bonds. The number of nitrogens with zero attached hydrogens (tertiary/aromatic N) is 1. The maximum absolute atomic E-state index is 11.9. The van der Waals surface area contributed by atoms with Gasteiger partial charge in [0.1, 0.15) is 11.5 Å². The Balaban J connectivity index is 1.72. The van der Waals surface area contributed by atoms with Crippen LogP contribution in [-0.2, 0) is 4.79 Å². The summed E-state index contributed by atoms with van der Waals surface area (Å²) in [5, 5.41) is 2.73. The van der Waals surface area contributed by atoms with Crippen LogP contribution in [0.1, 0.15) is 12.8 Å². The van der Waals surface area contributed by atoms with E-state index < -0.39 is 0 Å². The lowest BCUT2D eigenvalue weighted by Gasteiger charge is -2.09. The highest BCUT2D eigenvalue weighted by Gasteiger charge is 2.08. The number of benzene rings is 1. The number of carbonyl (C=O) groups excluding carboxylic acids is 1. The summed E-state index contributed by atoms with van der Waals surface area (Å²) < 4.78 is 15.8. The lowest BCUT2D eigenvalue weighted by molar-refractivity contribution is -0.116. The minimum Gasteiger partial charge on any atom is -0.497 e. The second kappa shape index (κ2) is 8.63. The molecular formula is C17H20N2O4. The summed E-state index contributed by atoms with van der Waals surface area (Å²) in [7, 11) is 3.15. The third-order valence-corrected chi connectivity index (χ3v) is 3.12. The van der Waals surface area contributed by atoms with E-state index in [1.165, 1.54) is 7.11 Å². The Bertz CT molecular complexity index is 629. The number of pyridine rings is 1. The number of carbonyl (C=O) groups is 1. The fraction of sp³-hybridized carbons (Fsp3) is 0.294. The number of aromatic nitrogens is 1. The predicted molar refractivity (Wildman–Crippen MR) is 87.1 cm³/mol. The largest absolute Gasteiger partial charge is 0.497 e. The van der Waals surface area contributed by atoms with E-state index in [1.807, 2.05) is 24.3 Å². The van der Waals surface area contributed by atoms with Crippen LogP contribution < -0.4 is 19.5 Å². The van der Waals surface area contributed by atoms with Crippen LogP contribution >= 0.6 is 0 Å². The molecule has 0 spiro atoms. The molecule has 1 aromatic heterocycles. The Morgan fingerprint density at radius 1 is 1.09 bits per heavy atom. The Hall–Kier alpha value is -2.76. The molecule has 1 heterocycles. The van der Waals surface area contributed by atoms with Gasteiger partial charge in [-0.15, -0.1) is 0 Å². The molecule has 0 aliphatic heterocycles. The number of hydrogen-bond acceptors (Lipinski definition) is 5. The lowest BCUT2D eigenvalue weighted by Crippen LogP contribution is -2.14. The number of rotatable bonds is 8. The third kappa shape index (κ3) is 5.18. The molecule has 6 heteroatoms. The minimum atomic E-state index is -0.125. The van der Waals surface area contributed by atoms with Gasteiger partial charge in [-0.05, 0) is 42.8 Å². The van der Waals surface area contributed by atoms with Gasteiger partial charge in [0.15, 0.2) is 11.6 Å². The molecule has 0 fully saturated rings. The van der Waals surface area contributed by atoms with E-state index in [0.29, 0.717) is 31.0 Å². The van der Waals surface area contributed by atoms with E-state index in [-0.39, 0.29) is 5.91 Å². The molecule has 2 aromatic rings. The van der Waals surface area contributed by atoms with Crippen LogP contribution in [0.4, 0.5) is 5.82 Å². The Kier molecular flexibility index (Phi) is 6.23. The number of nitrogens with one attached hydrogen (secondary N) is 1. The summed E-state index contributed by atoms with van der Waals surface area (Å²) in [6.07, 6.45) is 2.55. The Morgan fingerprint density at radius 3 is 2.52 bits per heavy atom. The van der Waals surface area contributed by atoms with Crippen molar-refractivity contribution in [2.75, 3.05) is 26.1 Å². The van der Waals surface area contributed by atoms with E-state index in [1.54, 1.807) is 25.4 Å². The Labute approximate surface area is 135 Å². The zero-order valence-corrected chi connectivity index (χ0v) is 13.2. The summed E-state index contributed by atoms with van der Waals surface area (Å²) in [5.41, 5.74) is 0. The molecule has 0 aliphatic carbocycles. The monoisotopic (exact) mass is 316 g/mol. The van der Waals surface area contributed by atoms with Gasteiger partial charge in [-0.25, -0.2) is 4.98 Å². The van der Waals surface area contributed by atoms with Gasteiger partial charge < -0.3 is 19.5 Å². The fourth-order valence-corrected chi connectivity index (χ4v) is 1.94. The van der Waals surface area contributed by atoms with Crippen molar-refractivity contribution >= 4 is 11.7 Å². The SMILES string of the molecule is COc1ccc(OCCCC(=O)Nc2ncccc2OC)cc1. The van der Waals surface area contributed by atoms with E-state index in [2.05, 4.69) is 10.3 Å². The first kappa shape index (κ1) is 16.6. The molecule has 2 rings (SSSR count). The summed E-state index contributed by atoms with van der Waals surface area (Å²) >= 11 is 0. The molecule has 122 valence electrons. The molecule has 1 aromatic carbocycles. The van der Waals surface area contributed by atoms with Crippen molar-refractivity contribution in [1.82, 2.24) is 4.98 Å². The van der Waals surface area contributed by atoms with E-state index in [4.69, 9.17) is 14.2 Å². The quantitative estimate of drug-likeness (QED) is 0.758. The molecule has 0 aliphatic rings. The van der Waals surface area contributed by atoms with E-state index in [0.717, 1.165) is 11.5 Å². The lowest BCUT2D eigenvalue weighted by atomic mass is 10.3. The predicted octanol–water partition coefficient (Wildman–Crippen LogP) is 2.90. The maximum Gasteiger partial charge on any atom is 0.225 e. The average molecular weight is 316 g/mol. The highest BCUT2D eigenvalue weighted by Crippen LogP contribution is 2.20. The van der Waals surface area contributed by atoms with Crippen molar-refractivity contribution in [3.05, 3.63) is 42.6 Å². The van der Waals surface area contributed by atoms with Gasteiger partial charge >= 0.3 is 0 Å². The van der Waals surface area contributed by atoms with Crippen LogP contribution in [-0.4, -0.2) is 31.7 Å². The van der Waals surface area contributed by atoms with Crippen LogP contribution in [0.15, 0.2) is 42.6 Å². The second-order valence-electron chi connectivity index (χ2n) is 4.73. The highest BCUT2D eigenvalue weighted by molar-refractivity contribution is 5.91. The number of anilines is 1. The van der Waals surface area contributed by atoms with Crippen molar-refractivity contribution < 1.29 is 19.0 Å². The smallest absolute Gasteiger partial charge is 0.225 e. The number of hydrogen-bond donors (Lipinski definition) is 1. The van der Waals surface area contributed by atoms with Crippen molar-refractivity contribution in [1.29, 1.82) is 0 Å². The van der Waals surface area contributed by atoms with Gasteiger partial charge in [0.05, 0.1) is 20.8 Å². The molecule has 0 radical (unpaired) electrons. The fourth-order valence-electron chi connectivity index (χ4n) is 1.94. The van der Waals surface area contributed by atoms with Crippen molar-refractivity contribution in [2.45, 2.75) is 12.8 Å². The van der Waals surface area contributed by atoms with Crippen LogP contribution in [0.3, 0.4) is 0 Å². The Morgan fingerprint density at radius 2 is 1.83 bits per heavy atom. The molecule has 0 saturated carbocycles. The van der Waals surface area contributed by atoms with Gasteiger partial charge in [-0.1, -0.05) is 0 Å². The molecule has 0 saturated heterocycles. The average Bonchev–Trinajstić information content (AvgIpc) is 2.59. The minimum absolute atomic E-state index is 0.125. The summed E-state index contributed by atoms with van der Waals surface area (Å²) in [6, 6.07) is 10.8. The number of amides is 1. The van der Waals surface area contributed by atoms with Gasteiger partial charge in [-0.3, -0.25) is 4.79 Å². The van der Waals surface area contributed by atoms with Crippen LogP contribution in [0, 0.1) is 0 Å². The number of ether oxygens (including phenoxy) is 3. The zero-order valence-electron chi connectivity index (χ0n) is 13.2. The first-order valence-corrected chi connectivity index (χ1v) is 7.28. The van der Waals surface area contributed by atoms with Crippen LogP contribution in [0.25, 0.3) is 0 Å². The van der Waals surface area contributed by atoms with Gasteiger partial charge in [-0.2, -0.15) is 0 Å². The highest BCUT2D eigenvalue weighted by atomic mass is 16.5. The zero-order chi connectivity index (χ0) is 16.5. The second-order valence-corrected chi connectivity index (χ2v) is 4.73. The van der Waals surface area contributed by atoms with Crippen molar-refractivity contribution in [3.63, 3.8) is 0 Å². The van der Waals surface area contributed by atoms with E-state index in [9.17, 15) is 4.79 Å².